The van der Waals surface area contributed by atoms with Gasteiger partial charge in [-0.3, -0.25) is 9.78 Å². The largest absolute Gasteiger partial charge is 0.489 e. The molecule has 1 aromatic rings. The zero-order valence-electron chi connectivity index (χ0n) is 9.97. The minimum atomic E-state index is -0.257. The van der Waals surface area contributed by atoms with Gasteiger partial charge >= 0.3 is 5.97 Å². The lowest BCUT2D eigenvalue weighted by molar-refractivity contribution is -0.142. The number of carbonyl (C=O) groups excluding carboxylic acids is 1. The molecule has 1 saturated heterocycles. The molecule has 0 bridgehead atoms. The normalized spacial score (nSPS) is 23.4. The maximum Gasteiger partial charge on any atom is 0.323 e. The van der Waals surface area contributed by atoms with Gasteiger partial charge in [0.15, 0.2) is 0 Å². The topological polar surface area (TPSA) is 60.5 Å². The number of nitrogens with one attached hydrogen (secondary N) is 1. The summed E-state index contributed by atoms with van der Waals surface area (Å²) in [6, 6.07) is 3.44. The number of nitrogens with zero attached hydrogens (tertiary/aromatic N) is 1. The van der Waals surface area contributed by atoms with E-state index in [9.17, 15) is 4.79 Å². The van der Waals surface area contributed by atoms with Gasteiger partial charge in [0.05, 0.1) is 7.11 Å². The second kappa shape index (κ2) is 5.14. The first-order valence-electron chi connectivity index (χ1n) is 5.59. The van der Waals surface area contributed by atoms with Crippen LogP contribution in [0.15, 0.2) is 18.3 Å². The van der Waals surface area contributed by atoms with Gasteiger partial charge in [0.1, 0.15) is 17.9 Å². The Hall–Kier alpha value is -1.62. The quantitative estimate of drug-likeness (QED) is 0.782. The van der Waals surface area contributed by atoms with Gasteiger partial charge in [-0.2, -0.15) is 0 Å². The minimum absolute atomic E-state index is 0.000833. The number of ether oxygens (including phenoxy) is 2. The predicted molar refractivity (Wildman–Crippen MR) is 61.8 cm³/mol. The molecule has 92 valence electrons. The molecule has 0 saturated carbocycles. The molecule has 1 aromatic heterocycles. The van der Waals surface area contributed by atoms with Crippen LogP contribution in [0.1, 0.15) is 12.1 Å². The van der Waals surface area contributed by atoms with Crippen molar-refractivity contribution < 1.29 is 14.3 Å². The van der Waals surface area contributed by atoms with Gasteiger partial charge in [0, 0.05) is 30.9 Å². The Bertz CT molecular complexity index is 408. The van der Waals surface area contributed by atoms with Gasteiger partial charge in [-0.25, -0.2) is 0 Å². The fourth-order valence-corrected chi connectivity index (χ4v) is 1.90. The summed E-state index contributed by atoms with van der Waals surface area (Å²) in [4.78, 5) is 15.4. The van der Waals surface area contributed by atoms with E-state index in [1.165, 1.54) is 7.11 Å². The molecule has 2 unspecified atom stereocenters. The number of hydrogen-bond donors (Lipinski definition) is 1. The third-order valence-corrected chi connectivity index (χ3v) is 2.75. The van der Waals surface area contributed by atoms with E-state index in [-0.39, 0.29) is 18.1 Å². The molecule has 5 nitrogen and oxygen atoms in total. The molecule has 5 heteroatoms. The number of pyridine rings is 1. The zero-order valence-corrected chi connectivity index (χ0v) is 9.97. The van der Waals surface area contributed by atoms with Gasteiger partial charge in [-0.05, 0) is 13.0 Å². The predicted octanol–water partition coefficient (Wildman–Crippen LogP) is 0.672. The van der Waals surface area contributed by atoms with E-state index in [0.29, 0.717) is 13.0 Å². The average molecular weight is 236 g/mol. The number of methoxy groups -OCH3 is 1. The molecule has 0 spiro atoms. The number of aromatic nitrogens is 1. The summed E-state index contributed by atoms with van der Waals surface area (Å²) in [5.41, 5.74) is 0.915. The van der Waals surface area contributed by atoms with Crippen LogP contribution in [0.2, 0.25) is 0 Å². The molecule has 1 fully saturated rings. The molecule has 1 N–H and O–H groups in total. The van der Waals surface area contributed by atoms with Gasteiger partial charge in [-0.1, -0.05) is 0 Å². The lowest BCUT2D eigenvalue weighted by Crippen LogP contribution is -2.31. The number of aryl methyl sites for hydroxylation is 1. The summed E-state index contributed by atoms with van der Waals surface area (Å²) < 4.78 is 10.5. The fourth-order valence-electron chi connectivity index (χ4n) is 1.90. The fraction of sp³-hybridized carbons (Fsp3) is 0.500. The van der Waals surface area contributed by atoms with Crippen LogP contribution in [0.25, 0.3) is 0 Å². The molecule has 0 radical (unpaired) electrons. The van der Waals surface area contributed by atoms with Crippen molar-refractivity contribution in [1.82, 2.24) is 10.3 Å². The van der Waals surface area contributed by atoms with Crippen molar-refractivity contribution in [3.05, 3.63) is 24.0 Å². The first-order valence-corrected chi connectivity index (χ1v) is 5.59. The van der Waals surface area contributed by atoms with E-state index in [4.69, 9.17) is 4.74 Å². The highest BCUT2D eigenvalue weighted by Crippen LogP contribution is 2.17. The van der Waals surface area contributed by atoms with Crippen LogP contribution >= 0.6 is 0 Å². The van der Waals surface area contributed by atoms with Crippen molar-refractivity contribution in [3.63, 3.8) is 0 Å². The van der Waals surface area contributed by atoms with Crippen LogP contribution in [-0.4, -0.2) is 36.8 Å². The Balaban J connectivity index is 1.92. The monoisotopic (exact) mass is 236 g/mol. The van der Waals surface area contributed by atoms with E-state index in [1.807, 2.05) is 19.1 Å². The van der Waals surface area contributed by atoms with Crippen molar-refractivity contribution in [1.29, 1.82) is 0 Å². The Labute approximate surface area is 100 Å². The highest BCUT2D eigenvalue weighted by atomic mass is 16.5. The number of rotatable bonds is 3. The lowest BCUT2D eigenvalue weighted by atomic mass is 10.2. The van der Waals surface area contributed by atoms with Gasteiger partial charge in [0.2, 0.25) is 0 Å². The van der Waals surface area contributed by atoms with Gasteiger partial charge in [-0.15, -0.1) is 0 Å². The molecule has 0 aliphatic carbocycles. The smallest absolute Gasteiger partial charge is 0.323 e. The summed E-state index contributed by atoms with van der Waals surface area (Å²) in [7, 11) is 1.39. The highest BCUT2D eigenvalue weighted by Gasteiger charge is 2.31. The molecule has 2 rings (SSSR count). The summed E-state index contributed by atoms with van der Waals surface area (Å²) in [6.45, 7) is 2.57. The Morgan fingerprint density at radius 2 is 2.41 bits per heavy atom. The minimum Gasteiger partial charge on any atom is -0.489 e. The van der Waals surface area contributed by atoms with E-state index in [1.54, 1.807) is 6.20 Å². The van der Waals surface area contributed by atoms with Crippen molar-refractivity contribution >= 4 is 5.97 Å². The maximum absolute atomic E-state index is 11.3. The van der Waals surface area contributed by atoms with Gasteiger partial charge < -0.3 is 14.8 Å². The summed E-state index contributed by atoms with van der Waals surface area (Å²) in [5, 5.41) is 3.08. The van der Waals surface area contributed by atoms with Gasteiger partial charge in [0.25, 0.3) is 0 Å². The van der Waals surface area contributed by atoms with Crippen LogP contribution in [0.4, 0.5) is 0 Å². The highest BCUT2D eigenvalue weighted by molar-refractivity contribution is 5.76. The first kappa shape index (κ1) is 11.9. The molecule has 2 heterocycles. The van der Waals surface area contributed by atoms with Crippen molar-refractivity contribution in [3.8, 4) is 5.75 Å². The average Bonchev–Trinajstić information content (AvgIpc) is 2.76. The maximum atomic E-state index is 11.3. The Morgan fingerprint density at radius 3 is 3.12 bits per heavy atom. The van der Waals surface area contributed by atoms with Crippen LogP contribution in [0.5, 0.6) is 5.75 Å². The summed E-state index contributed by atoms with van der Waals surface area (Å²) in [5.74, 6) is 0.553. The van der Waals surface area contributed by atoms with Crippen molar-refractivity contribution in [2.45, 2.75) is 25.5 Å². The molecule has 2 atom stereocenters. The molecule has 1 aliphatic rings. The van der Waals surface area contributed by atoms with Crippen molar-refractivity contribution in [2.24, 2.45) is 0 Å². The molecule has 0 aromatic carbocycles. The second-order valence-corrected chi connectivity index (χ2v) is 4.09. The van der Waals surface area contributed by atoms with E-state index < -0.39 is 0 Å². The van der Waals surface area contributed by atoms with E-state index in [2.05, 4.69) is 15.0 Å². The molecule has 0 amide bonds. The van der Waals surface area contributed by atoms with E-state index in [0.717, 1.165) is 11.4 Å². The number of hydrogen-bond acceptors (Lipinski definition) is 5. The summed E-state index contributed by atoms with van der Waals surface area (Å²) in [6.07, 6.45) is 2.35. The van der Waals surface area contributed by atoms with Crippen molar-refractivity contribution in [2.75, 3.05) is 13.7 Å². The number of esters is 1. The third-order valence-electron chi connectivity index (χ3n) is 2.75. The lowest BCUT2D eigenvalue weighted by Gasteiger charge is -2.12. The third kappa shape index (κ3) is 2.94. The Morgan fingerprint density at radius 1 is 1.59 bits per heavy atom. The Kier molecular flexibility index (Phi) is 3.58. The standard InChI is InChI=1S/C12H16N2O3/c1-8-5-9(3-4-13-8)17-10-6-11(14-7-10)12(15)16-2/h3-5,10-11,14H,6-7H2,1-2H3. The zero-order chi connectivity index (χ0) is 12.3. The molecular weight excluding hydrogens is 220 g/mol. The summed E-state index contributed by atoms with van der Waals surface area (Å²) >= 11 is 0. The SMILES string of the molecule is COC(=O)C1CC(Oc2ccnc(C)c2)CN1. The molecular formula is C12H16N2O3. The van der Waals surface area contributed by atoms with Crippen LogP contribution in [0.3, 0.4) is 0 Å². The van der Waals surface area contributed by atoms with Crippen LogP contribution in [-0.2, 0) is 9.53 Å². The second-order valence-electron chi connectivity index (χ2n) is 4.09. The van der Waals surface area contributed by atoms with Crippen LogP contribution < -0.4 is 10.1 Å². The first-order chi connectivity index (χ1) is 8.19. The van der Waals surface area contributed by atoms with Crippen LogP contribution in [0, 0.1) is 6.92 Å². The van der Waals surface area contributed by atoms with E-state index >= 15 is 0 Å². The number of carbonyl (C=O) groups is 1. The molecule has 17 heavy (non-hydrogen) atoms. The molecule has 1 aliphatic heterocycles.